The van der Waals surface area contributed by atoms with Crippen molar-refractivity contribution in [1.82, 2.24) is 9.80 Å². The number of amides is 2. The molecular formula is C14H26N2O3. The second-order valence-electron chi connectivity index (χ2n) is 5.91. The predicted molar refractivity (Wildman–Crippen MR) is 73.2 cm³/mol. The summed E-state index contributed by atoms with van der Waals surface area (Å²) >= 11 is 0. The highest BCUT2D eigenvalue weighted by atomic mass is 16.5. The molecule has 2 aliphatic rings. The van der Waals surface area contributed by atoms with Crippen molar-refractivity contribution in [1.29, 1.82) is 0 Å². The maximum Gasteiger partial charge on any atom is 0.320 e. The Morgan fingerprint density at radius 3 is 2.79 bits per heavy atom. The zero-order chi connectivity index (χ0) is 13.8. The number of urea groups is 1. The molecule has 0 radical (unpaired) electrons. The number of hydrogen-bond acceptors (Lipinski definition) is 3. The van der Waals surface area contributed by atoms with E-state index in [-0.39, 0.29) is 18.2 Å². The van der Waals surface area contributed by atoms with Gasteiger partial charge in [0.15, 0.2) is 0 Å². The lowest BCUT2D eigenvalue weighted by Gasteiger charge is -2.36. The fourth-order valence-corrected chi connectivity index (χ4v) is 2.09. The SMILES string of the molecule is CC(C)N(C)C(=O)N1CCO[C@H](COCC2CC2)C1. The van der Waals surface area contributed by atoms with E-state index in [9.17, 15) is 4.79 Å². The van der Waals surface area contributed by atoms with Gasteiger partial charge in [-0.05, 0) is 32.6 Å². The lowest BCUT2D eigenvalue weighted by atomic mass is 10.3. The molecule has 2 amide bonds. The molecule has 0 N–H and O–H groups in total. The Kier molecular flexibility index (Phi) is 5.05. The molecule has 0 unspecified atom stereocenters. The zero-order valence-electron chi connectivity index (χ0n) is 12.3. The third kappa shape index (κ3) is 4.35. The van der Waals surface area contributed by atoms with E-state index in [0.717, 1.165) is 12.5 Å². The van der Waals surface area contributed by atoms with Gasteiger partial charge >= 0.3 is 6.03 Å². The van der Waals surface area contributed by atoms with Crippen LogP contribution in [0.15, 0.2) is 0 Å². The number of morpholine rings is 1. The topological polar surface area (TPSA) is 42.0 Å². The zero-order valence-corrected chi connectivity index (χ0v) is 12.3. The standard InChI is InChI=1S/C14H26N2O3/c1-11(2)15(3)14(17)16-6-7-19-13(8-16)10-18-9-12-4-5-12/h11-13H,4-10H2,1-3H3/t13-/m0/s1. The first-order valence-corrected chi connectivity index (χ1v) is 7.29. The van der Waals surface area contributed by atoms with Crippen molar-refractivity contribution in [2.45, 2.75) is 38.8 Å². The van der Waals surface area contributed by atoms with Gasteiger partial charge in [-0.2, -0.15) is 0 Å². The van der Waals surface area contributed by atoms with E-state index in [0.29, 0.717) is 26.3 Å². The van der Waals surface area contributed by atoms with Crippen molar-refractivity contribution >= 4 is 6.03 Å². The van der Waals surface area contributed by atoms with Gasteiger partial charge in [0.1, 0.15) is 0 Å². The predicted octanol–water partition coefficient (Wildman–Crippen LogP) is 1.57. The monoisotopic (exact) mass is 270 g/mol. The number of rotatable bonds is 5. The van der Waals surface area contributed by atoms with Gasteiger partial charge in [-0.25, -0.2) is 4.79 Å². The van der Waals surface area contributed by atoms with Crippen molar-refractivity contribution in [2.75, 3.05) is 40.0 Å². The van der Waals surface area contributed by atoms with Crippen LogP contribution in [0.5, 0.6) is 0 Å². The van der Waals surface area contributed by atoms with Crippen LogP contribution < -0.4 is 0 Å². The number of carbonyl (C=O) groups is 1. The van der Waals surface area contributed by atoms with Gasteiger partial charge in [0.2, 0.25) is 0 Å². The van der Waals surface area contributed by atoms with Crippen molar-refractivity contribution in [3.63, 3.8) is 0 Å². The molecule has 2 rings (SSSR count). The van der Waals surface area contributed by atoms with E-state index in [1.807, 2.05) is 25.8 Å². The minimum absolute atomic E-state index is 0.0250. The molecule has 1 aliphatic carbocycles. The average molecular weight is 270 g/mol. The summed E-state index contributed by atoms with van der Waals surface area (Å²) in [5.74, 6) is 0.772. The van der Waals surface area contributed by atoms with E-state index in [2.05, 4.69) is 0 Å². The van der Waals surface area contributed by atoms with Crippen LogP contribution in [0.25, 0.3) is 0 Å². The third-order valence-corrected chi connectivity index (χ3v) is 3.84. The third-order valence-electron chi connectivity index (χ3n) is 3.84. The lowest BCUT2D eigenvalue weighted by Crippen LogP contribution is -2.52. The molecule has 19 heavy (non-hydrogen) atoms. The Labute approximate surface area is 115 Å². The maximum atomic E-state index is 12.2. The second kappa shape index (κ2) is 6.57. The summed E-state index contributed by atoms with van der Waals surface area (Å²) in [6, 6.07) is 0.311. The number of ether oxygens (including phenoxy) is 2. The van der Waals surface area contributed by atoms with E-state index < -0.39 is 0 Å². The van der Waals surface area contributed by atoms with E-state index >= 15 is 0 Å². The molecule has 0 aromatic carbocycles. The molecule has 1 saturated carbocycles. The van der Waals surface area contributed by atoms with Gasteiger partial charge < -0.3 is 19.3 Å². The summed E-state index contributed by atoms with van der Waals surface area (Å²) < 4.78 is 11.3. The van der Waals surface area contributed by atoms with Gasteiger partial charge in [-0.3, -0.25) is 0 Å². The van der Waals surface area contributed by atoms with Crippen LogP contribution in [0.3, 0.4) is 0 Å². The van der Waals surface area contributed by atoms with Crippen molar-refractivity contribution in [3.05, 3.63) is 0 Å². The van der Waals surface area contributed by atoms with Crippen LogP contribution in [-0.4, -0.2) is 67.9 Å². The van der Waals surface area contributed by atoms with Crippen molar-refractivity contribution in [2.24, 2.45) is 5.92 Å². The van der Waals surface area contributed by atoms with Crippen LogP contribution in [-0.2, 0) is 9.47 Å². The molecular weight excluding hydrogens is 244 g/mol. The van der Waals surface area contributed by atoms with Gasteiger partial charge in [-0.1, -0.05) is 0 Å². The molecule has 1 saturated heterocycles. The Morgan fingerprint density at radius 2 is 2.16 bits per heavy atom. The Morgan fingerprint density at radius 1 is 1.42 bits per heavy atom. The minimum Gasteiger partial charge on any atom is -0.378 e. The molecule has 1 aliphatic heterocycles. The van der Waals surface area contributed by atoms with E-state index in [1.165, 1.54) is 12.8 Å². The summed E-state index contributed by atoms with van der Waals surface area (Å²) in [7, 11) is 1.85. The average Bonchev–Trinajstić information content (AvgIpc) is 3.21. The van der Waals surface area contributed by atoms with Crippen LogP contribution in [0.1, 0.15) is 26.7 Å². The normalized spacial score (nSPS) is 23.8. The summed E-state index contributed by atoms with van der Waals surface area (Å²) in [6.07, 6.45) is 2.63. The first kappa shape index (κ1) is 14.6. The highest BCUT2D eigenvalue weighted by Gasteiger charge is 2.28. The van der Waals surface area contributed by atoms with Gasteiger partial charge in [-0.15, -0.1) is 0 Å². The van der Waals surface area contributed by atoms with E-state index in [1.54, 1.807) is 4.90 Å². The fraction of sp³-hybridized carbons (Fsp3) is 0.929. The molecule has 5 nitrogen and oxygen atoms in total. The molecule has 2 fully saturated rings. The smallest absolute Gasteiger partial charge is 0.320 e. The lowest BCUT2D eigenvalue weighted by molar-refractivity contribution is -0.0627. The van der Waals surface area contributed by atoms with E-state index in [4.69, 9.17) is 9.47 Å². The Hall–Kier alpha value is -0.810. The summed E-state index contributed by atoms with van der Waals surface area (Å²) in [4.78, 5) is 15.9. The molecule has 0 bridgehead atoms. The van der Waals surface area contributed by atoms with Gasteiger partial charge in [0, 0.05) is 26.2 Å². The summed E-state index contributed by atoms with van der Waals surface area (Å²) in [6.45, 7) is 7.42. The summed E-state index contributed by atoms with van der Waals surface area (Å²) in [5.41, 5.74) is 0. The number of nitrogens with zero attached hydrogens (tertiary/aromatic N) is 2. The van der Waals surface area contributed by atoms with Crippen molar-refractivity contribution in [3.8, 4) is 0 Å². The molecule has 1 atom stereocenters. The fourth-order valence-electron chi connectivity index (χ4n) is 2.09. The minimum atomic E-state index is 0.0250. The van der Waals surface area contributed by atoms with Crippen LogP contribution in [0.4, 0.5) is 4.79 Å². The van der Waals surface area contributed by atoms with Crippen LogP contribution in [0, 0.1) is 5.92 Å². The maximum absolute atomic E-state index is 12.2. The quantitative estimate of drug-likeness (QED) is 0.761. The Balaban J connectivity index is 1.73. The first-order chi connectivity index (χ1) is 9.08. The highest BCUT2D eigenvalue weighted by molar-refractivity contribution is 5.74. The molecule has 1 heterocycles. The molecule has 0 aromatic heterocycles. The second-order valence-corrected chi connectivity index (χ2v) is 5.91. The van der Waals surface area contributed by atoms with Crippen LogP contribution in [0.2, 0.25) is 0 Å². The first-order valence-electron chi connectivity index (χ1n) is 7.29. The molecule has 0 spiro atoms. The van der Waals surface area contributed by atoms with Crippen LogP contribution >= 0.6 is 0 Å². The largest absolute Gasteiger partial charge is 0.378 e. The van der Waals surface area contributed by atoms with Gasteiger partial charge in [0.25, 0.3) is 0 Å². The molecule has 0 aromatic rings. The number of hydrogen-bond donors (Lipinski definition) is 0. The highest BCUT2D eigenvalue weighted by Crippen LogP contribution is 2.28. The van der Waals surface area contributed by atoms with Gasteiger partial charge in [0.05, 0.1) is 25.9 Å². The van der Waals surface area contributed by atoms with Crippen molar-refractivity contribution < 1.29 is 14.3 Å². The summed E-state index contributed by atoms with van der Waals surface area (Å²) in [5, 5.41) is 0. The molecule has 110 valence electrons. The molecule has 5 heteroatoms. The number of carbonyl (C=O) groups excluding carboxylic acids is 1. The Bertz CT molecular complexity index is 305.